The van der Waals surface area contributed by atoms with Crippen LogP contribution in [-0.4, -0.2) is 209 Å². The average molecular weight is 915 g/mol. The van der Waals surface area contributed by atoms with Crippen LogP contribution in [0.1, 0.15) is 97.3 Å². The standard InChI is InChI=1S/C41H74N2O20/c1-3-4-5-6-7-8-9-10-11-12-13-14-15-16-24(47)23(42)20-58-38-35(55)33(53)36(27(19-45)60-38)62-39-34(54)32(52)31(51)28(61-39)21-59-41(40(56)57)17-25(48)29(43-22(2)46)37(63-41)30(50)26(49)18-44/h15-16,23-39,44-45,47-55H,3-14,17-21,42H2,1-2H3,(H,43,46)(H,56,57)/b16-15+/t23-,24+,25-,26+,27+,28+,29+,30+,31-,32-,33+,34+,35+,36+,37+,38+,39-,41+/m0/s1. The lowest BCUT2D eigenvalue weighted by Gasteiger charge is -2.48. The normalized spacial score (nSPS) is 35.9. The number of carboxylic acid groups (broad SMARTS) is 1. The number of aliphatic hydroxyl groups excluding tert-OH is 11. The van der Waals surface area contributed by atoms with Crippen LogP contribution in [0.2, 0.25) is 0 Å². The van der Waals surface area contributed by atoms with Crippen LogP contribution in [0.5, 0.6) is 0 Å². The Hall–Kier alpha value is -2.04. The fourth-order valence-electron chi connectivity index (χ4n) is 7.78. The summed E-state index contributed by atoms with van der Waals surface area (Å²) in [6, 6.07) is -2.46. The second kappa shape index (κ2) is 27.6. The van der Waals surface area contributed by atoms with Crippen LogP contribution in [0.15, 0.2) is 12.2 Å². The number of aliphatic hydroxyl groups is 11. The van der Waals surface area contributed by atoms with Gasteiger partial charge in [0.2, 0.25) is 5.91 Å². The number of amides is 1. The molecule has 22 heteroatoms. The quantitative estimate of drug-likeness (QED) is 0.0271. The van der Waals surface area contributed by atoms with E-state index in [1.165, 1.54) is 51.4 Å². The maximum atomic E-state index is 12.6. The molecule has 0 bridgehead atoms. The molecule has 18 atom stereocenters. The fraction of sp³-hybridized carbons (Fsp3) is 0.902. The van der Waals surface area contributed by atoms with Crippen molar-refractivity contribution in [1.29, 1.82) is 0 Å². The van der Waals surface area contributed by atoms with Crippen molar-refractivity contribution in [3.05, 3.63) is 12.2 Å². The molecule has 0 aliphatic carbocycles. The zero-order valence-electron chi connectivity index (χ0n) is 36.2. The summed E-state index contributed by atoms with van der Waals surface area (Å²) < 4.78 is 33.6. The van der Waals surface area contributed by atoms with Crippen molar-refractivity contribution in [2.45, 2.75) is 207 Å². The number of ether oxygens (including phenoxy) is 6. The number of nitrogens with two attached hydrogens (primary N) is 1. The summed E-state index contributed by atoms with van der Waals surface area (Å²) in [4.78, 5) is 24.4. The molecule has 3 heterocycles. The molecular weight excluding hydrogens is 840 g/mol. The van der Waals surface area contributed by atoms with Crippen molar-refractivity contribution in [3.8, 4) is 0 Å². The van der Waals surface area contributed by atoms with E-state index in [0.717, 1.165) is 32.6 Å². The molecule has 3 aliphatic rings. The molecule has 22 nitrogen and oxygen atoms in total. The van der Waals surface area contributed by atoms with E-state index in [2.05, 4.69) is 12.2 Å². The van der Waals surface area contributed by atoms with Gasteiger partial charge in [0.25, 0.3) is 5.79 Å². The molecular formula is C41H74N2O20. The number of hydrogen-bond donors (Lipinski definition) is 14. The highest BCUT2D eigenvalue weighted by Crippen LogP contribution is 2.35. The number of nitrogens with one attached hydrogen (secondary N) is 1. The van der Waals surface area contributed by atoms with E-state index in [9.17, 15) is 70.9 Å². The molecule has 1 amide bonds. The molecule has 3 saturated heterocycles. The zero-order chi connectivity index (χ0) is 46.9. The lowest BCUT2D eigenvalue weighted by Crippen LogP contribution is -2.68. The first-order chi connectivity index (χ1) is 29.9. The third-order valence-electron chi connectivity index (χ3n) is 11.6. The van der Waals surface area contributed by atoms with Crippen LogP contribution < -0.4 is 11.1 Å². The summed E-state index contributed by atoms with van der Waals surface area (Å²) in [5.41, 5.74) is 6.10. The van der Waals surface area contributed by atoms with E-state index < -0.39 is 148 Å². The van der Waals surface area contributed by atoms with Crippen molar-refractivity contribution in [2.75, 3.05) is 26.4 Å². The van der Waals surface area contributed by atoms with Crippen LogP contribution in [0.25, 0.3) is 0 Å². The van der Waals surface area contributed by atoms with Crippen LogP contribution in [-0.2, 0) is 38.0 Å². The van der Waals surface area contributed by atoms with Crippen molar-refractivity contribution in [1.82, 2.24) is 5.32 Å². The van der Waals surface area contributed by atoms with Gasteiger partial charge in [0, 0.05) is 13.3 Å². The first kappa shape index (κ1) is 55.3. The maximum Gasteiger partial charge on any atom is 0.364 e. The molecule has 0 saturated carbocycles. The predicted octanol–water partition coefficient (Wildman–Crippen LogP) is -3.25. The number of aliphatic carboxylic acids is 1. The van der Waals surface area contributed by atoms with Crippen molar-refractivity contribution in [2.24, 2.45) is 5.73 Å². The zero-order valence-corrected chi connectivity index (χ0v) is 36.2. The van der Waals surface area contributed by atoms with Crippen LogP contribution in [0, 0.1) is 0 Å². The Labute approximate surface area is 367 Å². The third-order valence-corrected chi connectivity index (χ3v) is 11.6. The van der Waals surface area contributed by atoms with E-state index in [1.807, 2.05) is 6.08 Å². The number of allylic oxidation sites excluding steroid dienone is 1. The van der Waals surface area contributed by atoms with Gasteiger partial charge >= 0.3 is 5.97 Å². The molecule has 0 aromatic carbocycles. The van der Waals surface area contributed by atoms with Crippen molar-refractivity contribution < 1.29 is 99.3 Å². The number of carboxylic acids is 1. The Bertz CT molecular complexity index is 1350. The van der Waals surface area contributed by atoms with Crippen LogP contribution in [0.3, 0.4) is 0 Å². The summed E-state index contributed by atoms with van der Waals surface area (Å²) >= 11 is 0. The van der Waals surface area contributed by atoms with Gasteiger partial charge < -0.3 is 101 Å². The Balaban J connectivity index is 1.56. The van der Waals surface area contributed by atoms with Gasteiger partial charge in [-0.3, -0.25) is 4.79 Å². The van der Waals surface area contributed by atoms with Gasteiger partial charge in [-0.05, 0) is 12.8 Å². The minimum atomic E-state index is -2.86. The van der Waals surface area contributed by atoms with Gasteiger partial charge in [-0.2, -0.15) is 0 Å². The lowest BCUT2D eigenvalue weighted by atomic mass is 9.88. The van der Waals surface area contributed by atoms with Gasteiger partial charge in [-0.15, -0.1) is 0 Å². The summed E-state index contributed by atoms with van der Waals surface area (Å²) in [6.07, 6.45) is -10.4. The predicted molar refractivity (Wildman–Crippen MR) is 218 cm³/mol. The molecule has 0 aromatic rings. The fourth-order valence-corrected chi connectivity index (χ4v) is 7.78. The van der Waals surface area contributed by atoms with E-state index in [1.54, 1.807) is 6.08 Å². The molecule has 63 heavy (non-hydrogen) atoms. The number of hydrogen-bond acceptors (Lipinski definition) is 20. The number of unbranched alkanes of at least 4 members (excludes halogenated alkanes) is 11. The largest absolute Gasteiger partial charge is 0.477 e. The topological polar surface area (TPSA) is 370 Å². The molecule has 0 radical (unpaired) electrons. The molecule has 15 N–H and O–H groups in total. The number of carbonyl (C=O) groups excluding carboxylic acids is 1. The van der Waals surface area contributed by atoms with Crippen LogP contribution in [0.4, 0.5) is 0 Å². The van der Waals surface area contributed by atoms with Gasteiger partial charge in [-0.25, -0.2) is 4.79 Å². The van der Waals surface area contributed by atoms with Gasteiger partial charge in [-0.1, -0.05) is 83.3 Å². The van der Waals surface area contributed by atoms with E-state index in [4.69, 9.17) is 34.2 Å². The molecule has 3 aliphatic heterocycles. The summed E-state index contributed by atoms with van der Waals surface area (Å²) in [6.45, 7) is 0.0857. The van der Waals surface area contributed by atoms with Crippen LogP contribution >= 0.6 is 0 Å². The summed E-state index contributed by atoms with van der Waals surface area (Å²) in [5.74, 6) is -5.46. The van der Waals surface area contributed by atoms with Gasteiger partial charge in [0.1, 0.15) is 67.1 Å². The van der Waals surface area contributed by atoms with E-state index >= 15 is 0 Å². The van der Waals surface area contributed by atoms with E-state index in [0.29, 0.717) is 0 Å². The first-order valence-electron chi connectivity index (χ1n) is 22.1. The number of carbonyl (C=O) groups is 2. The Kier molecular flexibility index (Phi) is 24.2. The summed E-state index contributed by atoms with van der Waals surface area (Å²) in [5, 5.41) is 128. The van der Waals surface area contributed by atoms with Gasteiger partial charge in [0.15, 0.2) is 12.6 Å². The Morgan fingerprint density at radius 2 is 1.41 bits per heavy atom. The Morgan fingerprint density at radius 1 is 0.825 bits per heavy atom. The third kappa shape index (κ3) is 16.1. The molecule has 3 rings (SSSR count). The van der Waals surface area contributed by atoms with Crippen molar-refractivity contribution in [3.63, 3.8) is 0 Å². The highest BCUT2D eigenvalue weighted by Gasteiger charge is 2.57. The maximum absolute atomic E-state index is 12.6. The minimum Gasteiger partial charge on any atom is -0.477 e. The molecule has 0 aromatic heterocycles. The minimum absolute atomic E-state index is 0.341. The van der Waals surface area contributed by atoms with Gasteiger partial charge in [0.05, 0.1) is 50.7 Å². The summed E-state index contributed by atoms with van der Waals surface area (Å²) in [7, 11) is 0. The second-order valence-corrected chi connectivity index (χ2v) is 16.8. The van der Waals surface area contributed by atoms with E-state index in [-0.39, 0.29) is 6.61 Å². The lowest BCUT2D eigenvalue weighted by molar-refractivity contribution is -0.367. The molecule has 3 fully saturated rings. The monoisotopic (exact) mass is 914 g/mol. The Morgan fingerprint density at radius 3 is 1.98 bits per heavy atom. The second-order valence-electron chi connectivity index (χ2n) is 16.8. The average Bonchev–Trinajstić information content (AvgIpc) is 3.25. The molecule has 0 unspecified atom stereocenters. The smallest absolute Gasteiger partial charge is 0.364 e. The SMILES string of the molecule is CCCCCCCCCCCCC/C=C/[C@@H](O)[C@@H](N)CO[C@@H]1O[C@H](CO)[C@@H](O[C@@H]2O[C@H](CO[C@]3(C(=O)O)C[C@H](O)[C@@H](NC(C)=O)[C@H]([C@H](O)[C@H](O)CO)O3)[C@H](O)[C@H](O)[C@H]2O)[C@H](O)[C@H]1O. The highest BCUT2D eigenvalue weighted by atomic mass is 16.8. The molecule has 0 spiro atoms. The highest BCUT2D eigenvalue weighted by molar-refractivity contribution is 5.76. The van der Waals surface area contributed by atoms with Crippen molar-refractivity contribution >= 4 is 11.9 Å². The first-order valence-corrected chi connectivity index (χ1v) is 22.1. The number of rotatable bonds is 28. The molecule has 368 valence electrons.